The standard InChI is InChI=1S/C17H21N5O5S/c1-22-17(24)13(16(23)20-8-2-3-9-28(25,26)27)10-14(21-22)11-4-6-12(7-5-11)15(18)19/h4-7,10H,2-3,8-9H2,1H3,(H3,18,19)(H,20,23)(H,25,26,27). The van der Waals surface area contributed by atoms with Crippen molar-refractivity contribution in [2.45, 2.75) is 12.8 Å². The van der Waals surface area contributed by atoms with Gasteiger partial charge in [-0.1, -0.05) is 24.3 Å². The fourth-order valence-electron chi connectivity index (χ4n) is 2.44. The van der Waals surface area contributed by atoms with Crippen molar-refractivity contribution in [2.24, 2.45) is 12.8 Å². The van der Waals surface area contributed by atoms with Crippen LogP contribution >= 0.6 is 0 Å². The third-order valence-corrected chi connectivity index (χ3v) is 4.72. The van der Waals surface area contributed by atoms with E-state index in [1.54, 1.807) is 24.3 Å². The number of amides is 1. The van der Waals surface area contributed by atoms with Crippen LogP contribution in [0.2, 0.25) is 0 Å². The number of carbonyl (C=O) groups is 1. The number of nitrogens with two attached hydrogens (primary N) is 1. The topological polar surface area (TPSA) is 168 Å². The summed E-state index contributed by atoms with van der Waals surface area (Å²) in [6, 6.07) is 8.01. The van der Waals surface area contributed by atoms with E-state index in [0.717, 1.165) is 4.68 Å². The number of hydrogen-bond donors (Lipinski definition) is 4. The fraction of sp³-hybridized carbons (Fsp3) is 0.294. The van der Waals surface area contributed by atoms with Crippen molar-refractivity contribution in [1.29, 1.82) is 5.41 Å². The summed E-state index contributed by atoms with van der Waals surface area (Å²) in [4.78, 5) is 24.6. The van der Waals surface area contributed by atoms with E-state index in [-0.39, 0.29) is 30.1 Å². The molecule has 0 spiro atoms. The molecule has 5 N–H and O–H groups in total. The van der Waals surface area contributed by atoms with E-state index in [0.29, 0.717) is 23.2 Å². The van der Waals surface area contributed by atoms with Crippen LogP contribution in [0.1, 0.15) is 28.8 Å². The van der Waals surface area contributed by atoms with Crippen molar-refractivity contribution in [3.05, 3.63) is 51.8 Å². The van der Waals surface area contributed by atoms with E-state index >= 15 is 0 Å². The highest BCUT2D eigenvalue weighted by atomic mass is 32.2. The summed E-state index contributed by atoms with van der Waals surface area (Å²) in [7, 11) is -2.60. The lowest BCUT2D eigenvalue weighted by Gasteiger charge is -2.09. The second kappa shape index (κ2) is 8.76. The molecule has 1 heterocycles. The average molecular weight is 407 g/mol. The third-order valence-electron chi connectivity index (χ3n) is 3.91. The number of aromatic nitrogens is 2. The molecule has 0 aliphatic heterocycles. The largest absolute Gasteiger partial charge is 0.384 e. The first-order valence-corrected chi connectivity index (χ1v) is 9.96. The molecule has 1 aromatic heterocycles. The van der Waals surface area contributed by atoms with E-state index in [2.05, 4.69) is 10.4 Å². The number of benzene rings is 1. The Morgan fingerprint density at radius 3 is 2.50 bits per heavy atom. The first-order valence-electron chi connectivity index (χ1n) is 8.35. The van der Waals surface area contributed by atoms with Gasteiger partial charge in [0.15, 0.2) is 0 Å². The lowest BCUT2D eigenvalue weighted by atomic mass is 10.1. The Labute approximate surface area is 161 Å². The lowest BCUT2D eigenvalue weighted by molar-refractivity contribution is 0.0951. The highest BCUT2D eigenvalue weighted by molar-refractivity contribution is 7.85. The lowest BCUT2D eigenvalue weighted by Crippen LogP contribution is -2.34. The van der Waals surface area contributed by atoms with Gasteiger partial charge in [0.25, 0.3) is 21.6 Å². The van der Waals surface area contributed by atoms with Crippen molar-refractivity contribution in [3.63, 3.8) is 0 Å². The van der Waals surface area contributed by atoms with Crippen molar-refractivity contribution in [1.82, 2.24) is 15.1 Å². The Morgan fingerprint density at radius 1 is 1.29 bits per heavy atom. The van der Waals surface area contributed by atoms with Crippen LogP contribution in [0.5, 0.6) is 0 Å². The fourth-order valence-corrected chi connectivity index (χ4v) is 3.01. The number of nitrogen functional groups attached to an aromatic ring is 1. The predicted octanol–water partition coefficient (Wildman–Crippen LogP) is 0.129. The summed E-state index contributed by atoms with van der Waals surface area (Å²) in [5.74, 6) is -1.06. The molecule has 2 aromatic rings. The minimum atomic E-state index is -4.03. The van der Waals surface area contributed by atoms with Gasteiger partial charge in [0, 0.05) is 24.7 Å². The summed E-state index contributed by atoms with van der Waals surface area (Å²) in [5, 5.41) is 14.1. The first kappa shape index (κ1) is 21.3. The van der Waals surface area contributed by atoms with Gasteiger partial charge < -0.3 is 11.1 Å². The SMILES string of the molecule is Cn1nc(-c2ccc(C(=N)N)cc2)cc(C(=O)NCCCCS(=O)(=O)O)c1=O. The Kier molecular flexibility index (Phi) is 6.65. The summed E-state index contributed by atoms with van der Waals surface area (Å²) >= 11 is 0. The Morgan fingerprint density at radius 2 is 1.93 bits per heavy atom. The molecule has 0 saturated heterocycles. The number of hydrogen-bond acceptors (Lipinski definition) is 6. The van der Waals surface area contributed by atoms with Crippen LogP contribution in [0.25, 0.3) is 11.3 Å². The molecular formula is C17H21N5O5S. The van der Waals surface area contributed by atoms with Crippen LogP contribution in [0.4, 0.5) is 0 Å². The van der Waals surface area contributed by atoms with Crippen LogP contribution in [-0.4, -0.2) is 46.8 Å². The molecule has 0 aliphatic rings. The molecule has 1 amide bonds. The highest BCUT2D eigenvalue weighted by Crippen LogP contribution is 2.17. The Hall–Kier alpha value is -3.05. The van der Waals surface area contributed by atoms with Gasteiger partial charge >= 0.3 is 0 Å². The molecule has 0 bridgehead atoms. The molecule has 0 fully saturated rings. The molecule has 150 valence electrons. The zero-order chi connectivity index (χ0) is 20.9. The number of aryl methyl sites for hydroxylation is 1. The summed E-state index contributed by atoms with van der Waals surface area (Å²) in [6.07, 6.45) is 0.511. The van der Waals surface area contributed by atoms with E-state index in [9.17, 15) is 18.0 Å². The third kappa shape index (κ3) is 5.72. The molecule has 0 atom stereocenters. The molecule has 0 radical (unpaired) electrons. The minimum absolute atomic E-state index is 0.0750. The monoisotopic (exact) mass is 407 g/mol. The number of rotatable bonds is 8. The predicted molar refractivity (Wildman–Crippen MR) is 104 cm³/mol. The second-order valence-corrected chi connectivity index (χ2v) is 7.68. The first-order chi connectivity index (χ1) is 13.1. The maximum Gasteiger partial charge on any atom is 0.279 e. The highest BCUT2D eigenvalue weighted by Gasteiger charge is 2.15. The molecule has 0 unspecified atom stereocenters. The molecule has 2 rings (SSSR count). The summed E-state index contributed by atoms with van der Waals surface area (Å²) in [6.45, 7) is 0.155. The maximum atomic E-state index is 12.3. The molecule has 28 heavy (non-hydrogen) atoms. The molecule has 0 saturated carbocycles. The van der Waals surface area contributed by atoms with E-state index in [1.165, 1.54) is 13.1 Å². The van der Waals surface area contributed by atoms with Gasteiger partial charge in [-0.15, -0.1) is 0 Å². The second-order valence-electron chi connectivity index (χ2n) is 6.11. The van der Waals surface area contributed by atoms with Gasteiger partial charge in [0.1, 0.15) is 11.4 Å². The molecular weight excluding hydrogens is 386 g/mol. The van der Waals surface area contributed by atoms with E-state index < -0.39 is 21.6 Å². The van der Waals surface area contributed by atoms with Gasteiger partial charge in [-0.3, -0.25) is 19.6 Å². The maximum absolute atomic E-state index is 12.3. The molecule has 0 aliphatic carbocycles. The number of unbranched alkanes of at least 4 members (excludes halogenated alkanes) is 1. The Balaban J connectivity index is 2.15. The number of nitrogens with one attached hydrogen (secondary N) is 2. The van der Waals surface area contributed by atoms with Gasteiger partial charge in [0.2, 0.25) is 0 Å². The zero-order valence-corrected chi connectivity index (χ0v) is 16.0. The smallest absolute Gasteiger partial charge is 0.279 e. The van der Waals surface area contributed by atoms with E-state index in [4.69, 9.17) is 15.7 Å². The van der Waals surface area contributed by atoms with Crippen LogP contribution in [0.15, 0.2) is 35.1 Å². The van der Waals surface area contributed by atoms with Gasteiger partial charge in [-0.2, -0.15) is 13.5 Å². The van der Waals surface area contributed by atoms with Gasteiger partial charge in [-0.05, 0) is 18.9 Å². The normalized spacial score (nSPS) is 11.2. The molecule has 11 heteroatoms. The average Bonchev–Trinajstić information content (AvgIpc) is 2.62. The zero-order valence-electron chi connectivity index (χ0n) is 15.2. The summed E-state index contributed by atoms with van der Waals surface area (Å²) < 4.78 is 31.1. The molecule has 10 nitrogen and oxygen atoms in total. The van der Waals surface area contributed by atoms with Crippen LogP contribution in [0.3, 0.4) is 0 Å². The van der Waals surface area contributed by atoms with Crippen molar-refractivity contribution >= 4 is 21.9 Å². The van der Waals surface area contributed by atoms with Gasteiger partial charge in [0.05, 0.1) is 11.4 Å². The van der Waals surface area contributed by atoms with Crippen LogP contribution in [-0.2, 0) is 17.2 Å². The Bertz CT molecular complexity index is 1040. The van der Waals surface area contributed by atoms with Crippen molar-refractivity contribution in [2.75, 3.05) is 12.3 Å². The molecule has 1 aromatic carbocycles. The minimum Gasteiger partial charge on any atom is -0.384 e. The van der Waals surface area contributed by atoms with Crippen LogP contribution in [0, 0.1) is 5.41 Å². The van der Waals surface area contributed by atoms with Crippen LogP contribution < -0.4 is 16.6 Å². The van der Waals surface area contributed by atoms with Crippen molar-refractivity contribution in [3.8, 4) is 11.3 Å². The summed E-state index contributed by atoms with van der Waals surface area (Å²) in [5.41, 5.74) is 6.33. The van der Waals surface area contributed by atoms with E-state index in [1.807, 2.05) is 0 Å². The number of amidine groups is 1. The van der Waals surface area contributed by atoms with Crippen molar-refractivity contribution < 1.29 is 17.8 Å². The van der Waals surface area contributed by atoms with Gasteiger partial charge in [-0.25, -0.2) is 4.68 Å². The quantitative estimate of drug-likeness (QED) is 0.209. The number of nitrogens with zero attached hydrogens (tertiary/aromatic N) is 2. The number of carbonyl (C=O) groups excluding carboxylic acids is 1.